The molecule has 0 radical (unpaired) electrons. The lowest BCUT2D eigenvalue weighted by Gasteiger charge is -2.00. The fourth-order valence-corrected chi connectivity index (χ4v) is 1.88. The fraction of sp³-hybridized carbons (Fsp3) is 0.333. The molecule has 0 saturated heterocycles. The van der Waals surface area contributed by atoms with Crippen molar-refractivity contribution in [3.8, 4) is 11.8 Å². The van der Waals surface area contributed by atoms with Crippen molar-refractivity contribution in [3.05, 3.63) is 35.4 Å². The highest BCUT2D eigenvalue weighted by molar-refractivity contribution is 8.13. The van der Waals surface area contributed by atoms with E-state index in [0.717, 1.165) is 16.9 Å². The number of hydrogen-bond acceptors (Lipinski definition) is 3. The van der Waals surface area contributed by atoms with Crippen LogP contribution in [0.3, 0.4) is 0 Å². The molecule has 0 aliphatic rings. The monoisotopic (exact) mass is 275 g/mol. The minimum atomic E-state index is 0.0000850. The summed E-state index contributed by atoms with van der Waals surface area (Å²) in [7, 11) is 1.63. The first-order valence-electron chi connectivity index (χ1n) is 6.03. The fourth-order valence-electron chi connectivity index (χ4n) is 1.39. The molecule has 100 valence electrons. The molecule has 1 aromatic carbocycles. The molecule has 1 rings (SSSR count). The summed E-state index contributed by atoms with van der Waals surface area (Å²) in [6, 6.07) is 7.62. The SMILES string of the molecule is CNC(=O)Cc1ccc(C#CCCSC(C)=O)cc1. The predicted octanol–water partition coefficient (Wildman–Crippen LogP) is 2.00. The Hall–Kier alpha value is -1.73. The number of benzene rings is 1. The van der Waals surface area contributed by atoms with Gasteiger partial charge in [-0.3, -0.25) is 9.59 Å². The second-order valence-electron chi connectivity index (χ2n) is 3.94. The lowest BCUT2D eigenvalue weighted by Crippen LogP contribution is -2.19. The number of amides is 1. The van der Waals surface area contributed by atoms with E-state index in [1.54, 1.807) is 14.0 Å². The third-order valence-electron chi connectivity index (χ3n) is 2.36. The molecule has 0 saturated carbocycles. The Kier molecular flexibility index (Phi) is 6.76. The maximum atomic E-state index is 11.2. The summed E-state index contributed by atoms with van der Waals surface area (Å²) < 4.78 is 0. The summed E-state index contributed by atoms with van der Waals surface area (Å²) in [5.74, 6) is 6.80. The Morgan fingerprint density at radius 3 is 2.53 bits per heavy atom. The smallest absolute Gasteiger partial charge is 0.224 e. The third-order valence-corrected chi connectivity index (χ3v) is 3.18. The summed E-state index contributed by atoms with van der Waals surface area (Å²) in [6.07, 6.45) is 1.09. The minimum absolute atomic E-state index is 0.0000850. The molecular weight excluding hydrogens is 258 g/mol. The van der Waals surface area contributed by atoms with Gasteiger partial charge in [0, 0.05) is 31.7 Å². The van der Waals surface area contributed by atoms with Crippen molar-refractivity contribution in [3.63, 3.8) is 0 Å². The maximum absolute atomic E-state index is 11.2. The summed E-state index contributed by atoms with van der Waals surface area (Å²) >= 11 is 1.29. The molecular formula is C15H17NO2S. The van der Waals surface area contributed by atoms with Crippen LogP contribution in [0.1, 0.15) is 24.5 Å². The summed E-state index contributed by atoms with van der Waals surface area (Å²) in [4.78, 5) is 21.9. The number of rotatable bonds is 4. The van der Waals surface area contributed by atoms with E-state index < -0.39 is 0 Å². The molecule has 1 N–H and O–H groups in total. The van der Waals surface area contributed by atoms with Crippen molar-refractivity contribution >= 4 is 22.8 Å². The van der Waals surface area contributed by atoms with E-state index >= 15 is 0 Å². The largest absolute Gasteiger partial charge is 0.359 e. The highest BCUT2D eigenvalue weighted by Crippen LogP contribution is 2.05. The first-order chi connectivity index (χ1) is 9.11. The van der Waals surface area contributed by atoms with Crippen LogP contribution in [0.5, 0.6) is 0 Å². The lowest BCUT2D eigenvalue weighted by atomic mass is 10.1. The molecule has 0 aliphatic carbocycles. The van der Waals surface area contributed by atoms with Gasteiger partial charge in [0.2, 0.25) is 5.91 Å². The van der Waals surface area contributed by atoms with E-state index in [9.17, 15) is 9.59 Å². The zero-order valence-corrected chi connectivity index (χ0v) is 12.0. The van der Waals surface area contributed by atoms with Gasteiger partial charge in [-0.25, -0.2) is 0 Å². The van der Waals surface area contributed by atoms with E-state index in [1.807, 2.05) is 24.3 Å². The zero-order chi connectivity index (χ0) is 14.1. The van der Waals surface area contributed by atoms with Gasteiger partial charge in [-0.05, 0) is 17.7 Å². The number of likely N-dealkylation sites (N-methyl/N-ethyl adjacent to an activating group) is 1. The van der Waals surface area contributed by atoms with Crippen LogP contribution in [0.25, 0.3) is 0 Å². The molecule has 1 amide bonds. The van der Waals surface area contributed by atoms with Crippen LogP contribution in [0.15, 0.2) is 24.3 Å². The molecule has 0 fully saturated rings. The molecule has 0 aliphatic heterocycles. The van der Waals surface area contributed by atoms with Crippen LogP contribution < -0.4 is 5.32 Å². The van der Waals surface area contributed by atoms with Gasteiger partial charge < -0.3 is 5.32 Å². The zero-order valence-electron chi connectivity index (χ0n) is 11.2. The highest BCUT2D eigenvalue weighted by Gasteiger charge is 1.99. The van der Waals surface area contributed by atoms with Crippen molar-refractivity contribution in [1.82, 2.24) is 5.32 Å². The standard InChI is InChI=1S/C15H17NO2S/c1-12(17)19-10-4-3-5-13-6-8-14(9-7-13)11-15(18)16-2/h6-9H,4,10-11H2,1-2H3,(H,16,18). The van der Waals surface area contributed by atoms with Crippen molar-refractivity contribution in [1.29, 1.82) is 0 Å². The average Bonchev–Trinajstić information content (AvgIpc) is 2.39. The number of hydrogen-bond donors (Lipinski definition) is 1. The third kappa shape index (κ3) is 6.68. The van der Waals surface area contributed by atoms with Gasteiger partial charge in [0.05, 0.1) is 6.42 Å². The number of thioether (sulfide) groups is 1. The number of carbonyl (C=O) groups is 2. The van der Waals surface area contributed by atoms with Crippen molar-refractivity contribution < 1.29 is 9.59 Å². The molecule has 0 spiro atoms. The quantitative estimate of drug-likeness (QED) is 0.675. The summed E-state index contributed by atoms with van der Waals surface area (Å²) in [5, 5.41) is 2.71. The number of nitrogens with one attached hydrogen (secondary N) is 1. The first-order valence-corrected chi connectivity index (χ1v) is 7.02. The Labute approximate surface area is 118 Å². The Morgan fingerprint density at radius 2 is 1.95 bits per heavy atom. The molecule has 0 atom stereocenters. The second-order valence-corrected chi connectivity index (χ2v) is 5.21. The van der Waals surface area contributed by atoms with Crippen molar-refractivity contribution in [2.45, 2.75) is 19.8 Å². The van der Waals surface area contributed by atoms with Gasteiger partial charge in [-0.15, -0.1) is 0 Å². The van der Waals surface area contributed by atoms with Gasteiger partial charge in [0.15, 0.2) is 5.12 Å². The highest BCUT2D eigenvalue weighted by atomic mass is 32.2. The average molecular weight is 275 g/mol. The van der Waals surface area contributed by atoms with Crippen molar-refractivity contribution in [2.24, 2.45) is 0 Å². The molecule has 4 heteroatoms. The molecule has 0 bridgehead atoms. The van der Waals surface area contributed by atoms with Gasteiger partial charge >= 0.3 is 0 Å². The van der Waals surface area contributed by atoms with Crippen LogP contribution in [0.4, 0.5) is 0 Å². The van der Waals surface area contributed by atoms with Gasteiger partial charge in [-0.2, -0.15) is 0 Å². The summed E-state index contributed by atoms with van der Waals surface area (Å²) in [5.41, 5.74) is 1.89. The van der Waals surface area contributed by atoms with Crippen LogP contribution in [-0.2, 0) is 16.0 Å². The van der Waals surface area contributed by atoms with E-state index in [1.165, 1.54) is 11.8 Å². The van der Waals surface area contributed by atoms with Crippen LogP contribution >= 0.6 is 11.8 Å². The van der Waals surface area contributed by atoms with Gasteiger partial charge in [0.25, 0.3) is 0 Å². The Morgan fingerprint density at radius 1 is 1.26 bits per heavy atom. The van der Waals surface area contributed by atoms with E-state index in [-0.39, 0.29) is 11.0 Å². The Balaban J connectivity index is 2.46. The van der Waals surface area contributed by atoms with E-state index in [2.05, 4.69) is 17.2 Å². The van der Waals surface area contributed by atoms with Crippen LogP contribution in [0, 0.1) is 11.8 Å². The van der Waals surface area contributed by atoms with Gasteiger partial charge in [0.1, 0.15) is 0 Å². The predicted molar refractivity (Wildman–Crippen MR) is 78.8 cm³/mol. The van der Waals surface area contributed by atoms with E-state index in [0.29, 0.717) is 12.8 Å². The topological polar surface area (TPSA) is 46.2 Å². The molecule has 0 unspecified atom stereocenters. The Bertz CT molecular complexity index is 497. The van der Waals surface area contributed by atoms with Crippen molar-refractivity contribution in [2.75, 3.05) is 12.8 Å². The van der Waals surface area contributed by atoms with Crippen LogP contribution in [0.2, 0.25) is 0 Å². The normalized spacial score (nSPS) is 9.37. The van der Waals surface area contributed by atoms with Crippen LogP contribution in [-0.4, -0.2) is 23.8 Å². The second kappa shape index (κ2) is 8.39. The maximum Gasteiger partial charge on any atom is 0.224 e. The molecule has 19 heavy (non-hydrogen) atoms. The molecule has 0 aromatic heterocycles. The number of carbonyl (C=O) groups excluding carboxylic acids is 2. The van der Waals surface area contributed by atoms with Gasteiger partial charge in [-0.1, -0.05) is 35.7 Å². The summed E-state index contributed by atoms with van der Waals surface area (Å²) in [6.45, 7) is 1.56. The minimum Gasteiger partial charge on any atom is -0.359 e. The molecule has 1 aromatic rings. The molecule has 3 nitrogen and oxygen atoms in total. The first kappa shape index (κ1) is 15.3. The lowest BCUT2D eigenvalue weighted by molar-refractivity contribution is -0.120. The molecule has 0 heterocycles. The van der Waals surface area contributed by atoms with E-state index in [4.69, 9.17) is 0 Å².